The van der Waals surface area contributed by atoms with Crippen LogP contribution in [-0.4, -0.2) is 16.9 Å². The second kappa shape index (κ2) is 5.92. The molecule has 1 heterocycles. The largest absolute Gasteiger partial charge is 0.382 e. The molecule has 4 nitrogen and oxygen atoms in total. The molecule has 0 bridgehead atoms. The van der Waals surface area contributed by atoms with Crippen LogP contribution in [0.1, 0.15) is 23.3 Å². The number of carbonyl (C=O) groups is 1. The van der Waals surface area contributed by atoms with Gasteiger partial charge in [0.05, 0.1) is 10.7 Å². The van der Waals surface area contributed by atoms with Crippen LogP contribution in [0, 0.1) is 0 Å². The summed E-state index contributed by atoms with van der Waals surface area (Å²) in [5.41, 5.74) is 1.75. The summed E-state index contributed by atoms with van der Waals surface area (Å²) in [7, 11) is 0. The first kappa shape index (κ1) is 14.2. The van der Waals surface area contributed by atoms with E-state index in [4.69, 9.17) is 23.2 Å². The molecule has 0 saturated heterocycles. The van der Waals surface area contributed by atoms with E-state index < -0.39 is 0 Å². The second-order valence-electron chi connectivity index (χ2n) is 4.93. The number of anilines is 2. The fraction of sp³-hybridized carbons (Fsp3) is 0.200. The van der Waals surface area contributed by atoms with Crippen LogP contribution < -0.4 is 10.6 Å². The van der Waals surface area contributed by atoms with Gasteiger partial charge in [-0.2, -0.15) is 0 Å². The van der Waals surface area contributed by atoms with E-state index in [-0.39, 0.29) is 5.91 Å². The Labute approximate surface area is 132 Å². The number of halogens is 2. The molecule has 0 spiro atoms. The molecule has 1 amide bonds. The minimum absolute atomic E-state index is 0.307. The number of carbonyl (C=O) groups excluding carboxylic acids is 1. The van der Waals surface area contributed by atoms with Crippen molar-refractivity contribution in [2.75, 3.05) is 10.6 Å². The molecule has 0 aliphatic heterocycles. The Bertz CT molecular complexity index is 686. The summed E-state index contributed by atoms with van der Waals surface area (Å²) in [6, 6.07) is 9.02. The van der Waals surface area contributed by atoms with Gasteiger partial charge in [0, 0.05) is 22.9 Å². The van der Waals surface area contributed by atoms with Crippen LogP contribution >= 0.6 is 23.2 Å². The quantitative estimate of drug-likeness (QED) is 0.886. The average molecular weight is 322 g/mol. The summed E-state index contributed by atoms with van der Waals surface area (Å²) in [5, 5.41) is 6.97. The van der Waals surface area contributed by atoms with Gasteiger partial charge < -0.3 is 10.6 Å². The lowest BCUT2D eigenvalue weighted by Crippen LogP contribution is -2.14. The molecule has 6 heteroatoms. The first-order valence-corrected chi connectivity index (χ1v) is 7.36. The van der Waals surface area contributed by atoms with Crippen molar-refractivity contribution >= 4 is 40.5 Å². The van der Waals surface area contributed by atoms with Crippen LogP contribution in [0.5, 0.6) is 0 Å². The molecule has 2 N–H and O–H groups in total. The van der Waals surface area contributed by atoms with E-state index >= 15 is 0 Å². The molecule has 0 atom stereocenters. The lowest BCUT2D eigenvalue weighted by atomic mass is 10.2. The summed E-state index contributed by atoms with van der Waals surface area (Å²) in [6.45, 7) is 0. The Morgan fingerprint density at radius 2 is 2.00 bits per heavy atom. The number of rotatable bonds is 4. The lowest BCUT2D eigenvalue weighted by Gasteiger charge is -2.09. The highest BCUT2D eigenvalue weighted by Gasteiger charge is 2.21. The van der Waals surface area contributed by atoms with Crippen molar-refractivity contribution in [1.82, 2.24) is 4.98 Å². The Morgan fingerprint density at radius 1 is 1.19 bits per heavy atom. The van der Waals surface area contributed by atoms with Gasteiger partial charge in [0.25, 0.3) is 5.91 Å². The topological polar surface area (TPSA) is 54.0 Å². The molecule has 3 rings (SSSR count). The van der Waals surface area contributed by atoms with Gasteiger partial charge in [-0.05, 0) is 43.2 Å². The third kappa shape index (κ3) is 3.65. The number of pyridine rings is 1. The van der Waals surface area contributed by atoms with Crippen LogP contribution in [0.2, 0.25) is 10.0 Å². The van der Waals surface area contributed by atoms with E-state index in [1.807, 2.05) is 6.07 Å². The van der Waals surface area contributed by atoms with Crippen molar-refractivity contribution in [2.45, 2.75) is 18.9 Å². The summed E-state index contributed by atoms with van der Waals surface area (Å²) >= 11 is 11.9. The Kier molecular flexibility index (Phi) is 3.99. The second-order valence-corrected chi connectivity index (χ2v) is 5.77. The van der Waals surface area contributed by atoms with Crippen LogP contribution in [0.4, 0.5) is 11.4 Å². The predicted octanol–water partition coefficient (Wildman–Crippen LogP) is 4.22. The fourth-order valence-electron chi connectivity index (χ4n) is 1.89. The number of amides is 1. The molecule has 1 aromatic heterocycles. The van der Waals surface area contributed by atoms with Crippen molar-refractivity contribution in [2.24, 2.45) is 0 Å². The van der Waals surface area contributed by atoms with E-state index in [0.717, 1.165) is 5.69 Å². The molecule has 0 radical (unpaired) electrons. The molecule has 1 aliphatic carbocycles. The van der Waals surface area contributed by atoms with E-state index in [9.17, 15) is 4.79 Å². The summed E-state index contributed by atoms with van der Waals surface area (Å²) in [6.07, 6.45) is 3.96. The number of aromatic nitrogens is 1. The van der Waals surface area contributed by atoms with Crippen LogP contribution in [-0.2, 0) is 0 Å². The molecule has 0 unspecified atom stereocenters. The fourth-order valence-corrected chi connectivity index (χ4v) is 2.34. The summed E-state index contributed by atoms with van der Waals surface area (Å²) < 4.78 is 0. The smallest absolute Gasteiger partial charge is 0.274 e. The third-order valence-corrected chi connectivity index (χ3v) is 3.67. The van der Waals surface area contributed by atoms with Crippen molar-refractivity contribution in [1.29, 1.82) is 0 Å². The van der Waals surface area contributed by atoms with Gasteiger partial charge in [-0.1, -0.05) is 23.2 Å². The SMILES string of the molecule is O=C(Nc1ccc(Cl)cc1Cl)c1cc(NC2CC2)ccn1. The van der Waals surface area contributed by atoms with Gasteiger partial charge >= 0.3 is 0 Å². The molecule has 2 aromatic rings. The van der Waals surface area contributed by atoms with Crippen LogP contribution in [0.25, 0.3) is 0 Å². The zero-order valence-electron chi connectivity index (χ0n) is 11.1. The number of hydrogen-bond acceptors (Lipinski definition) is 3. The van der Waals surface area contributed by atoms with Gasteiger partial charge in [0.2, 0.25) is 0 Å². The third-order valence-electron chi connectivity index (χ3n) is 3.12. The lowest BCUT2D eigenvalue weighted by molar-refractivity contribution is 0.102. The van der Waals surface area contributed by atoms with E-state index in [1.165, 1.54) is 12.8 Å². The molecule has 108 valence electrons. The minimum atomic E-state index is -0.307. The van der Waals surface area contributed by atoms with E-state index in [2.05, 4.69) is 15.6 Å². The molecule has 1 saturated carbocycles. The van der Waals surface area contributed by atoms with E-state index in [0.29, 0.717) is 27.5 Å². The van der Waals surface area contributed by atoms with Crippen molar-refractivity contribution < 1.29 is 4.79 Å². The first-order chi connectivity index (χ1) is 10.1. The molecular formula is C15H13Cl2N3O. The highest BCUT2D eigenvalue weighted by atomic mass is 35.5. The average Bonchev–Trinajstić information content (AvgIpc) is 3.26. The molecule has 1 aliphatic rings. The Balaban J connectivity index is 1.75. The van der Waals surface area contributed by atoms with Crippen LogP contribution in [0.3, 0.4) is 0 Å². The van der Waals surface area contributed by atoms with E-state index in [1.54, 1.807) is 30.5 Å². The maximum absolute atomic E-state index is 12.2. The number of nitrogens with zero attached hydrogens (tertiary/aromatic N) is 1. The van der Waals surface area contributed by atoms with Crippen molar-refractivity contribution in [3.63, 3.8) is 0 Å². The molecule has 21 heavy (non-hydrogen) atoms. The van der Waals surface area contributed by atoms with Gasteiger partial charge in [-0.15, -0.1) is 0 Å². The highest BCUT2D eigenvalue weighted by Crippen LogP contribution is 2.27. The number of nitrogens with one attached hydrogen (secondary N) is 2. The molecule has 1 fully saturated rings. The molecule has 1 aromatic carbocycles. The minimum Gasteiger partial charge on any atom is -0.382 e. The zero-order chi connectivity index (χ0) is 14.8. The van der Waals surface area contributed by atoms with Crippen LogP contribution in [0.15, 0.2) is 36.5 Å². The Hall–Kier alpha value is -1.78. The Morgan fingerprint density at radius 3 is 2.71 bits per heavy atom. The normalized spacial score (nSPS) is 13.8. The van der Waals surface area contributed by atoms with Crippen molar-refractivity contribution in [3.05, 3.63) is 52.3 Å². The number of hydrogen-bond donors (Lipinski definition) is 2. The monoisotopic (exact) mass is 321 g/mol. The van der Waals surface area contributed by atoms with Gasteiger partial charge in [-0.25, -0.2) is 0 Å². The standard InChI is InChI=1S/C15H13Cl2N3O/c16-9-1-4-13(12(17)7-9)20-15(21)14-8-11(5-6-18-14)19-10-2-3-10/h1,4-8,10H,2-3H2,(H,18,19)(H,20,21). The summed E-state index contributed by atoms with van der Waals surface area (Å²) in [4.78, 5) is 16.3. The molecular weight excluding hydrogens is 309 g/mol. The van der Waals surface area contributed by atoms with Gasteiger partial charge in [0.15, 0.2) is 0 Å². The van der Waals surface area contributed by atoms with Crippen molar-refractivity contribution in [3.8, 4) is 0 Å². The van der Waals surface area contributed by atoms with Gasteiger partial charge in [-0.3, -0.25) is 9.78 Å². The zero-order valence-corrected chi connectivity index (χ0v) is 12.6. The first-order valence-electron chi connectivity index (χ1n) is 6.61. The summed E-state index contributed by atoms with van der Waals surface area (Å²) in [5.74, 6) is -0.307. The maximum atomic E-state index is 12.2. The maximum Gasteiger partial charge on any atom is 0.274 e. The predicted molar refractivity (Wildman–Crippen MR) is 85.3 cm³/mol. The highest BCUT2D eigenvalue weighted by molar-refractivity contribution is 6.36. The van der Waals surface area contributed by atoms with Gasteiger partial charge in [0.1, 0.15) is 5.69 Å². The number of benzene rings is 1.